The van der Waals surface area contributed by atoms with Gasteiger partial charge < -0.3 is 18.8 Å². The fraction of sp³-hybridized carbons (Fsp3) is 0.455. The van der Waals surface area contributed by atoms with E-state index in [1.807, 2.05) is 0 Å². The highest BCUT2D eigenvalue weighted by Gasteiger charge is 2.23. The van der Waals surface area contributed by atoms with Crippen molar-refractivity contribution in [3.8, 4) is 0 Å². The summed E-state index contributed by atoms with van der Waals surface area (Å²) in [5.74, 6) is 0. The molecule has 0 aliphatic carbocycles. The molecular weight excluding hydrogens is 304 g/mol. The molecule has 112 valence electrons. The van der Waals surface area contributed by atoms with Crippen molar-refractivity contribution in [2.45, 2.75) is 20.0 Å². The van der Waals surface area contributed by atoms with Gasteiger partial charge in [0.05, 0.1) is 25.1 Å². The number of rotatable bonds is 8. The van der Waals surface area contributed by atoms with Crippen LogP contribution in [0.15, 0.2) is 18.2 Å². The zero-order chi connectivity index (χ0) is 15.2. The fourth-order valence-corrected chi connectivity index (χ4v) is 3.18. The van der Waals surface area contributed by atoms with Crippen molar-refractivity contribution in [1.29, 1.82) is 0 Å². The van der Waals surface area contributed by atoms with Crippen LogP contribution in [0.1, 0.15) is 30.0 Å². The summed E-state index contributed by atoms with van der Waals surface area (Å²) < 4.78 is 21.2. The van der Waals surface area contributed by atoms with Crippen molar-refractivity contribution >= 4 is 21.5 Å². The van der Waals surface area contributed by atoms with Gasteiger partial charge in [-0.05, 0) is 26.0 Å². The average Bonchev–Trinajstić information content (AvgIpc) is 2.37. The highest BCUT2D eigenvalue weighted by molar-refractivity contribution is 7.66. The minimum absolute atomic E-state index is 0.000981. The highest BCUT2D eigenvalue weighted by atomic mass is 31.2. The van der Waals surface area contributed by atoms with Gasteiger partial charge in [-0.15, -0.1) is 0 Å². The first-order chi connectivity index (χ1) is 9.39. The van der Waals surface area contributed by atoms with Crippen molar-refractivity contribution in [3.05, 3.63) is 29.6 Å². The number of carbonyl (C=O) groups excluding carboxylic acids is 1. The van der Waals surface area contributed by atoms with E-state index >= 15 is 0 Å². The Morgan fingerprint density at radius 2 is 2.10 bits per heavy atom. The van der Waals surface area contributed by atoms with Gasteiger partial charge in [-0.2, -0.15) is 0 Å². The van der Waals surface area contributed by atoms with E-state index in [0.29, 0.717) is 0 Å². The summed E-state index contributed by atoms with van der Waals surface area (Å²) >= 11 is 0. The number of aromatic nitrogens is 1. The Morgan fingerprint density at radius 1 is 1.40 bits per heavy atom. The lowest BCUT2D eigenvalue weighted by atomic mass is 10.3. The Labute approximate surface area is 118 Å². The number of hydrogen-bond donors (Lipinski definition) is 2. The van der Waals surface area contributed by atoms with Crippen LogP contribution in [-0.4, -0.2) is 33.5 Å². The van der Waals surface area contributed by atoms with Crippen molar-refractivity contribution < 1.29 is 28.2 Å². The third kappa shape index (κ3) is 5.37. The van der Waals surface area contributed by atoms with Gasteiger partial charge in [0.25, 0.3) is 5.52 Å². The van der Waals surface area contributed by atoms with E-state index in [1.165, 1.54) is 18.2 Å². The summed E-state index contributed by atoms with van der Waals surface area (Å²) in [6, 6.07) is 4.45. The van der Waals surface area contributed by atoms with E-state index < -0.39 is 21.5 Å². The first kappa shape index (κ1) is 17.4. The second-order valence-electron chi connectivity index (χ2n) is 3.72. The molecule has 1 aromatic rings. The maximum atomic E-state index is 11.8. The lowest BCUT2D eigenvalue weighted by Gasteiger charge is -2.11. The molecule has 0 aliphatic rings. The Balaban J connectivity index is 2.86. The predicted octanol–water partition coefficient (Wildman–Crippen LogP) is 2.28. The van der Waals surface area contributed by atoms with Gasteiger partial charge in [0.2, 0.25) is 8.38 Å². The molecule has 1 heterocycles. The van der Waals surface area contributed by atoms with E-state index in [-0.39, 0.29) is 30.8 Å². The second-order valence-corrected chi connectivity index (χ2v) is 6.78. The zero-order valence-corrected chi connectivity index (χ0v) is 13.0. The standard InChI is InChI=1S/C11H17NO6P2/c1-3-17-19(14)11(13)10-7-5-6-9(12-10)8-20(15,16)18-4-2/h5-7,14H,3-4,8H2,1-2H3,(H,15,16). The molecule has 1 rings (SSSR count). The third-order valence-electron chi connectivity index (χ3n) is 2.14. The monoisotopic (exact) mass is 321 g/mol. The third-order valence-corrected chi connectivity index (χ3v) is 4.61. The molecular formula is C11H17NO6P2. The Morgan fingerprint density at radius 3 is 2.70 bits per heavy atom. The minimum atomic E-state index is -3.76. The molecule has 0 fully saturated rings. The average molecular weight is 321 g/mol. The van der Waals surface area contributed by atoms with Crippen LogP contribution < -0.4 is 0 Å². The molecule has 0 saturated carbocycles. The summed E-state index contributed by atoms with van der Waals surface area (Å²) in [7, 11) is -6.00. The molecule has 7 nitrogen and oxygen atoms in total. The van der Waals surface area contributed by atoms with Crippen molar-refractivity contribution in [2.24, 2.45) is 0 Å². The van der Waals surface area contributed by atoms with Crippen molar-refractivity contribution in [2.75, 3.05) is 13.2 Å². The van der Waals surface area contributed by atoms with Gasteiger partial charge in [0.15, 0.2) is 0 Å². The zero-order valence-electron chi connectivity index (χ0n) is 11.2. The van der Waals surface area contributed by atoms with Gasteiger partial charge in [-0.1, -0.05) is 6.07 Å². The molecule has 1 aromatic heterocycles. The fourth-order valence-electron chi connectivity index (χ4n) is 1.42. The van der Waals surface area contributed by atoms with Crippen LogP contribution in [0, 0.1) is 0 Å². The van der Waals surface area contributed by atoms with Crippen LogP contribution in [0.3, 0.4) is 0 Å². The molecule has 0 spiro atoms. The summed E-state index contributed by atoms with van der Waals surface area (Å²) in [5.41, 5.74) is -0.385. The molecule has 9 heteroatoms. The van der Waals surface area contributed by atoms with Gasteiger partial charge in [-0.3, -0.25) is 9.36 Å². The SMILES string of the molecule is CCOP(O)C(=O)c1cccc(CP(=O)(O)OCC)n1. The number of hydrogen-bond acceptors (Lipinski definition) is 6. The van der Waals surface area contributed by atoms with E-state index in [4.69, 9.17) is 9.05 Å². The molecule has 2 atom stereocenters. The summed E-state index contributed by atoms with van der Waals surface area (Å²) in [6.07, 6.45) is -0.292. The molecule has 0 aliphatic heterocycles. The summed E-state index contributed by atoms with van der Waals surface area (Å²) in [4.78, 5) is 34.8. The van der Waals surface area contributed by atoms with Crippen LogP contribution in [0.5, 0.6) is 0 Å². The lowest BCUT2D eigenvalue weighted by Crippen LogP contribution is -2.05. The van der Waals surface area contributed by atoms with E-state index in [9.17, 15) is 19.1 Å². The topological polar surface area (TPSA) is 106 Å². The summed E-state index contributed by atoms with van der Waals surface area (Å²) in [5, 5.41) is 0. The molecule has 0 radical (unpaired) electrons. The maximum absolute atomic E-state index is 11.8. The van der Waals surface area contributed by atoms with E-state index in [1.54, 1.807) is 13.8 Å². The first-order valence-corrected chi connectivity index (χ1v) is 8.95. The van der Waals surface area contributed by atoms with Crippen LogP contribution in [-0.2, 0) is 19.8 Å². The van der Waals surface area contributed by atoms with Gasteiger partial charge >= 0.3 is 7.60 Å². The molecule has 0 amide bonds. The molecule has 20 heavy (non-hydrogen) atoms. The summed E-state index contributed by atoms with van der Waals surface area (Å²) in [6.45, 7) is 3.59. The predicted molar refractivity (Wildman–Crippen MR) is 74.5 cm³/mol. The van der Waals surface area contributed by atoms with Crippen LogP contribution in [0.2, 0.25) is 0 Å². The largest absolute Gasteiger partial charge is 0.344 e. The number of carbonyl (C=O) groups is 1. The maximum Gasteiger partial charge on any atom is 0.334 e. The van der Waals surface area contributed by atoms with Crippen LogP contribution in [0.25, 0.3) is 0 Å². The molecule has 0 bridgehead atoms. The van der Waals surface area contributed by atoms with Crippen LogP contribution in [0.4, 0.5) is 0 Å². The highest BCUT2D eigenvalue weighted by Crippen LogP contribution is 2.45. The molecule has 2 N–H and O–H groups in total. The lowest BCUT2D eigenvalue weighted by molar-refractivity contribution is 0.104. The van der Waals surface area contributed by atoms with Crippen LogP contribution >= 0.6 is 16.0 Å². The molecule has 0 saturated heterocycles. The Kier molecular flexibility index (Phi) is 6.89. The quantitative estimate of drug-likeness (QED) is 0.707. The Bertz CT molecular complexity index is 509. The number of pyridine rings is 1. The van der Waals surface area contributed by atoms with Gasteiger partial charge in [0, 0.05) is 0 Å². The second kappa shape index (κ2) is 7.93. The van der Waals surface area contributed by atoms with E-state index in [2.05, 4.69) is 4.98 Å². The molecule has 2 unspecified atom stereocenters. The Hall–Kier alpha value is -0.680. The first-order valence-electron chi connectivity index (χ1n) is 5.98. The minimum Gasteiger partial charge on any atom is -0.344 e. The van der Waals surface area contributed by atoms with Crippen molar-refractivity contribution in [1.82, 2.24) is 4.98 Å². The number of nitrogens with zero attached hydrogens (tertiary/aromatic N) is 1. The smallest absolute Gasteiger partial charge is 0.334 e. The normalized spacial score (nSPS) is 15.6. The van der Waals surface area contributed by atoms with Crippen molar-refractivity contribution in [3.63, 3.8) is 0 Å². The van der Waals surface area contributed by atoms with Gasteiger partial charge in [0.1, 0.15) is 5.69 Å². The van der Waals surface area contributed by atoms with E-state index in [0.717, 1.165) is 0 Å². The van der Waals surface area contributed by atoms with Gasteiger partial charge in [-0.25, -0.2) is 4.98 Å². The molecule has 0 aromatic carbocycles.